The number of hydrogen-bond donors (Lipinski definition) is 0. The Balaban J connectivity index is 0.000000128. The molecule has 0 atom stereocenters. The minimum Gasteiger partial charge on any atom is -0.456 e. The number of hydrogen-bond acceptors (Lipinski definition) is 6. The molecule has 1 aliphatic heterocycles. The third-order valence-corrected chi connectivity index (χ3v) is 14.8. The van der Waals surface area contributed by atoms with Gasteiger partial charge in [0, 0.05) is 66.9 Å². The van der Waals surface area contributed by atoms with Crippen molar-refractivity contribution in [3.63, 3.8) is 0 Å². The second-order valence-corrected chi connectivity index (χ2v) is 20.0. The Bertz CT molecular complexity index is 3500. The molecule has 2 aliphatic carbocycles. The standard InChI is InChI=1S/C27H27BO3.C26H19NO.C5H4ClN/c1-25(2)19-12-8-7-10-18(19)22-20(25)15-14-17-16-11-9-13-21(23(16)29-24(17)22)28-30-26(3,4)27(5,6)31-28;1-26(2)20-11-4-3-8-18(20)23-21(26)14-13-17-16-9-7-10-19(24(16)28-25(17)23)22-12-5-6-15-27-22;6-5-3-1-2-4-7-5/h7-15H,1-6H3;3-15H,1-2H3;1-4H. The maximum atomic E-state index is 6.67. The van der Waals surface area contributed by atoms with Gasteiger partial charge in [0.15, 0.2) is 0 Å². The molecule has 0 spiro atoms. The van der Waals surface area contributed by atoms with Crippen LogP contribution in [0.3, 0.4) is 0 Å². The van der Waals surface area contributed by atoms with Gasteiger partial charge >= 0.3 is 7.12 Å². The smallest absolute Gasteiger partial charge is 0.456 e. The van der Waals surface area contributed by atoms with Crippen LogP contribution in [0.25, 0.3) is 77.4 Å². The highest BCUT2D eigenvalue weighted by molar-refractivity contribution is 6.65. The number of halogens is 1. The van der Waals surface area contributed by atoms with Crippen LogP contribution >= 0.6 is 11.6 Å². The molecule has 13 rings (SSSR count). The average Bonchev–Trinajstić information content (AvgIpc) is 4.07. The highest BCUT2D eigenvalue weighted by atomic mass is 35.5. The Labute approximate surface area is 390 Å². The summed E-state index contributed by atoms with van der Waals surface area (Å²) in [7, 11) is -0.453. The molecule has 6 nitrogen and oxygen atoms in total. The Kier molecular flexibility index (Phi) is 9.76. The van der Waals surface area contributed by atoms with E-state index in [1.54, 1.807) is 12.3 Å². The van der Waals surface area contributed by atoms with Crippen LogP contribution in [-0.4, -0.2) is 28.3 Å². The lowest BCUT2D eigenvalue weighted by Gasteiger charge is -2.32. The average molecular weight is 885 g/mol. The SMILES string of the molecule is CC1(C)c2ccccc2-c2c1ccc1c2oc2c(-c3ccccn3)cccc21.CC1(C)c2ccccc2-c2c1ccc1c2oc2c(B3OC(C)(C)C(C)(C)O3)cccc21.Clc1ccccn1. The molecular formula is C58H50BClN2O4. The van der Waals surface area contributed by atoms with Crippen LogP contribution in [0, 0.1) is 0 Å². The lowest BCUT2D eigenvalue weighted by atomic mass is 9.78. The van der Waals surface area contributed by atoms with Gasteiger partial charge in [-0.2, -0.15) is 0 Å². The highest BCUT2D eigenvalue weighted by Gasteiger charge is 2.52. The topological polar surface area (TPSA) is 70.5 Å². The van der Waals surface area contributed by atoms with E-state index in [-0.39, 0.29) is 10.8 Å². The van der Waals surface area contributed by atoms with E-state index in [0.717, 1.165) is 55.2 Å². The van der Waals surface area contributed by atoms with Crippen molar-refractivity contribution < 1.29 is 18.1 Å². The van der Waals surface area contributed by atoms with Crippen molar-refractivity contribution in [3.05, 3.63) is 185 Å². The molecule has 0 amide bonds. The summed E-state index contributed by atoms with van der Waals surface area (Å²) in [5.41, 5.74) is 16.1. The van der Waals surface area contributed by atoms with Crippen LogP contribution in [0.15, 0.2) is 167 Å². The number of benzene rings is 6. The van der Waals surface area contributed by atoms with E-state index in [4.69, 9.17) is 29.7 Å². The monoisotopic (exact) mass is 884 g/mol. The first-order valence-electron chi connectivity index (χ1n) is 22.7. The van der Waals surface area contributed by atoms with E-state index in [0.29, 0.717) is 5.15 Å². The molecule has 0 unspecified atom stereocenters. The molecule has 1 fully saturated rings. The van der Waals surface area contributed by atoms with Gasteiger partial charge in [-0.05, 0) is 91.4 Å². The van der Waals surface area contributed by atoms with Gasteiger partial charge in [0.1, 0.15) is 27.5 Å². The van der Waals surface area contributed by atoms with Crippen LogP contribution in [-0.2, 0) is 20.1 Å². The molecule has 0 N–H and O–H groups in total. The molecule has 10 aromatic rings. The summed E-state index contributed by atoms with van der Waals surface area (Å²) in [6, 6.07) is 50.3. The number of aromatic nitrogens is 2. The van der Waals surface area contributed by atoms with Crippen LogP contribution in [0.1, 0.15) is 77.6 Å². The normalized spacial score (nSPS) is 16.6. The lowest BCUT2D eigenvalue weighted by molar-refractivity contribution is 0.00578. The molecule has 8 heteroatoms. The summed E-state index contributed by atoms with van der Waals surface area (Å²) >= 11 is 5.43. The minimum atomic E-state index is -0.453. The Morgan fingerprint density at radius 3 is 1.39 bits per heavy atom. The molecule has 6 aromatic carbocycles. The molecule has 4 aromatic heterocycles. The molecule has 66 heavy (non-hydrogen) atoms. The van der Waals surface area contributed by atoms with Crippen molar-refractivity contribution in [3.8, 4) is 33.5 Å². The second-order valence-electron chi connectivity index (χ2n) is 19.6. The zero-order valence-corrected chi connectivity index (χ0v) is 39.2. The van der Waals surface area contributed by atoms with Gasteiger partial charge in [-0.3, -0.25) is 4.98 Å². The first-order valence-corrected chi connectivity index (χ1v) is 23.1. The first kappa shape index (κ1) is 42.2. The summed E-state index contributed by atoms with van der Waals surface area (Å²) in [5.74, 6) is 0. The van der Waals surface area contributed by atoms with Crippen LogP contribution in [0.2, 0.25) is 5.15 Å². The maximum Gasteiger partial charge on any atom is 0.498 e. The van der Waals surface area contributed by atoms with E-state index in [1.165, 1.54) is 49.9 Å². The van der Waals surface area contributed by atoms with Gasteiger partial charge in [-0.1, -0.05) is 155 Å². The van der Waals surface area contributed by atoms with Gasteiger partial charge in [0.05, 0.1) is 16.9 Å². The Morgan fingerprint density at radius 1 is 0.409 bits per heavy atom. The molecule has 5 heterocycles. The molecular weight excluding hydrogens is 835 g/mol. The first-order chi connectivity index (χ1) is 31.7. The fraction of sp³-hybridized carbons (Fsp3) is 0.207. The van der Waals surface area contributed by atoms with E-state index < -0.39 is 18.3 Å². The maximum absolute atomic E-state index is 6.67. The number of fused-ring (bicyclic) bond motifs is 14. The zero-order valence-electron chi connectivity index (χ0n) is 38.5. The van der Waals surface area contributed by atoms with E-state index >= 15 is 0 Å². The Hall–Kier alpha value is -6.51. The van der Waals surface area contributed by atoms with Crippen molar-refractivity contribution in [2.75, 3.05) is 0 Å². The summed E-state index contributed by atoms with van der Waals surface area (Å²) in [6.45, 7) is 17.5. The highest BCUT2D eigenvalue weighted by Crippen LogP contribution is 2.54. The molecule has 0 bridgehead atoms. The van der Waals surface area contributed by atoms with E-state index in [9.17, 15) is 0 Å². The number of nitrogens with zero attached hydrogens (tertiary/aromatic N) is 2. The third kappa shape index (κ3) is 6.46. The minimum absolute atomic E-state index is 0.0249. The van der Waals surface area contributed by atoms with Crippen molar-refractivity contribution in [2.24, 2.45) is 0 Å². The van der Waals surface area contributed by atoms with Gasteiger partial charge < -0.3 is 18.1 Å². The molecule has 326 valence electrons. The lowest BCUT2D eigenvalue weighted by Crippen LogP contribution is -2.41. The number of pyridine rings is 2. The van der Waals surface area contributed by atoms with E-state index in [1.807, 2.05) is 36.5 Å². The summed E-state index contributed by atoms with van der Waals surface area (Å²) in [5, 5.41) is 5.09. The van der Waals surface area contributed by atoms with Gasteiger partial charge in [0.25, 0.3) is 0 Å². The van der Waals surface area contributed by atoms with Crippen LogP contribution in [0.5, 0.6) is 0 Å². The molecule has 0 saturated carbocycles. The fourth-order valence-corrected chi connectivity index (χ4v) is 10.5. The van der Waals surface area contributed by atoms with Gasteiger partial charge in [0.2, 0.25) is 0 Å². The van der Waals surface area contributed by atoms with Gasteiger partial charge in [-0.25, -0.2) is 4.98 Å². The Morgan fingerprint density at radius 2 is 0.879 bits per heavy atom. The fourth-order valence-electron chi connectivity index (χ4n) is 10.3. The summed E-state index contributed by atoms with van der Waals surface area (Å²) < 4.78 is 26.0. The largest absolute Gasteiger partial charge is 0.498 e. The zero-order chi connectivity index (χ0) is 45.8. The van der Waals surface area contributed by atoms with E-state index in [2.05, 4.69) is 175 Å². The van der Waals surface area contributed by atoms with Crippen LogP contribution in [0.4, 0.5) is 0 Å². The number of furan rings is 2. The predicted octanol–water partition coefficient (Wildman–Crippen LogP) is 14.9. The predicted molar refractivity (Wildman–Crippen MR) is 271 cm³/mol. The number of rotatable bonds is 2. The van der Waals surface area contributed by atoms with Crippen molar-refractivity contribution in [1.29, 1.82) is 0 Å². The molecule has 0 radical (unpaired) electrons. The van der Waals surface area contributed by atoms with Crippen LogP contribution < -0.4 is 5.46 Å². The quantitative estimate of drug-likeness (QED) is 0.127. The number of para-hydroxylation sites is 2. The van der Waals surface area contributed by atoms with Crippen molar-refractivity contribution >= 4 is 68.1 Å². The molecule has 1 saturated heterocycles. The van der Waals surface area contributed by atoms with Crippen molar-refractivity contribution in [1.82, 2.24) is 9.97 Å². The molecule has 3 aliphatic rings. The van der Waals surface area contributed by atoms with Crippen molar-refractivity contribution in [2.45, 2.75) is 77.4 Å². The summed E-state index contributed by atoms with van der Waals surface area (Å²) in [6.07, 6.45) is 3.48. The third-order valence-electron chi connectivity index (χ3n) is 14.5. The van der Waals surface area contributed by atoms with Gasteiger partial charge in [-0.15, -0.1) is 0 Å². The summed E-state index contributed by atoms with van der Waals surface area (Å²) in [4.78, 5) is 8.29. The second kappa shape index (κ2) is 15.3.